The summed E-state index contributed by atoms with van der Waals surface area (Å²) < 4.78 is 0. The van der Waals surface area contributed by atoms with E-state index < -0.39 is 5.97 Å². The Labute approximate surface area is 59.9 Å². The van der Waals surface area contributed by atoms with Crippen molar-refractivity contribution in [1.82, 2.24) is 0 Å². The highest BCUT2D eigenvalue weighted by Crippen LogP contribution is 1.94. The van der Waals surface area contributed by atoms with Gasteiger partial charge in [0.05, 0.1) is 0 Å². The van der Waals surface area contributed by atoms with Crippen molar-refractivity contribution in [2.24, 2.45) is 0 Å². The van der Waals surface area contributed by atoms with Gasteiger partial charge in [-0.1, -0.05) is 6.92 Å². The van der Waals surface area contributed by atoms with Gasteiger partial charge in [0.1, 0.15) is 0 Å². The molecule has 0 aromatic carbocycles. The second-order valence-corrected chi connectivity index (χ2v) is 2.01. The van der Waals surface area contributed by atoms with E-state index in [1.807, 2.05) is 6.92 Å². The van der Waals surface area contributed by atoms with Gasteiger partial charge >= 0.3 is 5.97 Å². The molecular weight excluding hydrogens is 130 g/mol. The first-order chi connectivity index (χ1) is 4.57. The lowest BCUT2D eigenvalue weighted by molar-refractivity contribution is -0.132. The van der Waals surface area contributed by atoms with E-state index in [0.717, 1.165) is 0 Å². The van der Waals surface area contributed by atoms with Crippen LogP contribution in [0, 0.1) is 5.41 Å². The van der Waals surface area contributed by atoms with Crippen LogP contribution in [-0.4, -0.2) is 16.8 Å². The van der Waals surface area contributed by atoms with Crippen molar-refractivity contribution in [2.45, 2.75) is 20.3 Å². The zero-order valence-electron chi connectivity index (χ0n) is 6.14. The van der Waals surface area contributed by atoms with Gasteiger partial charge in [-0.2, -0.15) is 0 Å². The highest BCUT2D eigenvalue weighted by atomic mass is 16.4. The van der Waals surface area contributed by atoms with Gasteiger partial charge in [0.2, 0.25) is 0 Å². The third-order valence-corrected chi connectivity index (χ3v) is 1.11. The molecule has 0 spiro atoms. The first-order valence-corrected chi connectivity index (χ1v) is 3.07. The Hall–Kier alpha value is -1.12. The molecule has 0 radical (unpaired) electrons. The van der Waals surface area contributed by atoms with E-state index in [4.69, 9.17) is 10.5 Å². The maximum atomic E-state index is 10.2. The molecule has 10 heavy (non-hydrogen) atoms. The molecule has 0 amide bonds. The summed E-state index contributed by atoms with van der Waals surface area (Å²) in [6.07, 6.45) is 1.94. The van der Waals surface area contributed by atoms with Crippen LogP contribution in [0.4, 0.5) is 0 Å². The summed E-state index contributed by atoms with van der Waals surface area (Å²) >= 11 is 0. The molecule has 0 fully saturated rings. The Morgan fingerprint density at radius 2 is 2.20 bits per heavy atom. The van der Waals surface area contributed by atoms with E-state index in [1.54, 1.807) is 0 Å². The zero-order chi connectivity index (χ0) is 8.15. The molecule has 3 nitrogen and oxygen atoms in total. The molecule has 0 saturated carbocycles. The van der Waals surface area contributed by atoms with E-state index >= 15 is 0 Å². The van der Waals surface area contributed by atoms with Crippen molar-refractivity contribution in [3.05, 3.63) is 11.6 Å². The molecule has 0 aromatic rings. The summed E-state index contributed by atoms with van der Waals surface area (Å²) in [5.74, 6) is -0.960. The van der Waals surface area contributed by atoms with Crippen LogP contribution < -0.4 is 0 Å². The van der Waals surface area contributed by atoms with Gasteiger partial charge < -0.3 is 10.5 Å². The molecule has 0 aliphatic rings. The Morgan fingerprint density at radius 1 is 1.70 bits per heavy atom. The molecule has 2 N–H and O–H groups in total. The number of carbonyl (C=O) groups is 1. The third kappa shape index (κ3) is 3.02. The van der Waals surface area contributed by atoms with Gasteiger partial charge in [0, 0.05) is 11.3 Å². The van der Waals surface area contributed by atoms with Crippen molar-refractivity contribution in [2.75, 3.05) is 0 Å². The van der Waals surface area contributed by atoms with E-state index in [-0.39, 0.29) is 5.57 Å². The summed E-state index contributed by atoms with van der Waals surface area (Å²) in [6.45, 7) is 3.29. The number of carboxylic acids is 1. The summed E-state index contributed by atoms with van der Waals surface area (Å²) in [7, 11) is 0. The van der Waals surface area contributed by atoms with Crippen molar-refractivity contribution in [1.29, 1.82) is 5.41 Å². The predicted molar refractivity (Wildman–Crippen MR) is 39.4 cm³/mol. The number of hydrogen-bond acceptors (Lipinski definition) is 2. The van der Waals surface area contributed by atoms with Crippen LogP contribution in [-0.2, 0) is 4.79 Å². The lowest BCUT2D eigenvalue weighted by Gasteiger charge is -1.92. The van der Waals surface area contributed by atoms with Crippen molar-refractivity contribution in [3.63, 3.8) is 0 Å². The number of nitrogens with one attached hydrogen (secondary N) is 1. The SMILES string of the molecule is CCC(=N)/C=C(\C)C(=O)O. The summed E-state index contributed by atoms with van der Waals surface area (Å²) in [6, 6.07) is 0. The molecule has 0 aromatic heterocycles. The molecule has 0 aliphatic carbocycles. The molecule has 0 unspecified atom stereocenters. The Bertz CT molecular complexity index is 182. The van der Waals surface area contributed by atoms with Crippen LogP contribution in [0.5, 0.6) is 0 Å². The van der Waals surface area contributed by atoms with Crippen LogP contribution in [0.2, 0.25) is 0 Å². The molecule has 0 rings (SSSR count). The van der Waals surface area contributed by atoms with Gasteiger partial charge in [-0.3, -0.25) is 0 Å². The summed E-state index contributed by atoms with van der Waals surface area (Å²) in [5.41, 5.74) is 0.562. The van der Waals surface area contributed by atoms with Crippen LogP contribution in [0.3, 0.4) is 0 Å². The standard InChI is InChI=1S/C7H11NO2/c1-3-6(8)4-5(2)7(9)10/h4,8H,3H2,1-2H3,(H,9,10)/b5-4+,8-6?. The third-order valence-electron chi connectivity index (χ3n) is 1.11. The first-order valence-electron chi connectivity index (χ1n) is 3.07. The van der Waals surface area contributed by atoms with Crippen LogP contribution >= 0.6 is 0 Å². The first kappa shape index (κ1) is 8.88. The molecule has 0 bridgehead atoms. The van der Waals surface area contributed by atoms with Crippen LogP contribution in [0.15, 0.2) is 11.6 Å². The number of aliphatic carboxylic acids is 1. The average Bonchev–Trinajstić information content (AvgIpc) is 1.87. The van der Waals surface area contributed by atoms with Crippen molar-refractivity contribution in [3.8, 4) is 0 Å². The molecule has 56 valence electrons. The van der Waals surface area contributed by atoms with Crippen molar-refractivity contribution >= 4 is 11.7 Å². The quantitative estimate of drug-likeness (QED) is 0.461. The zero-order valence-corrected chi connectivity index (χ0v) is 6.14. The lowest BCUT2D eigenvalue weighted by Crippen LogP contribution is -1.99. The normalized spacial score (nSPS) is 11.2. The number of allylic oxidation sites excluding steroid dienone is 1. The highest BCUT2D eigenvalue weighted by molar-refractivity contribution is 5.99. The van der Waals surface area contributed by atoms with E-state index in [9.17, 15) is 4.79 Å². The molecule has 0 aliphatic heterocycles. The minimum atomic E-state index is -0.960. The summed E-state index contributed by atoms with van der Waals surface area (Å²) in [4.78, 5) is 10.2. The minimum absolute atomic E-state index is 0.215. The van der Waals surface area contributed by atoms with Gasteiger partial charge in [-0.05, 0) is 19.4 Å². The minimum Gasteiger partial charge on any atom is -0.478 e. The molecular formula is C7H11NO2. The smallest absolute Gasteiger partial charge is 0.331 e. The van der Waals surface area contributed by atoms with Crippen LogP contribution in [0.25, 0.3) is 0 Å². The molecule has 3 heteroatoms. The maximum Gasteiger partial charge on any atom is 0.331 e. The fourth-order valence-electron chi connectivity index (χ4n) is 0.425. The lowest BCUT2D eigenvalue weighted by atomic mass is 10.2. The largest absolute Gasteiger partial charge is 0.478 e. The molecule has 0 atom stereocenters. The van der Waals surface area contributed by atoms with Gasteiger partial charge in [-0.15, -0.1) is 0 Å². The molecule has 0 heterocycles. The fourth-order valence-corrected chi connectivity index (χ4v) is 0.425. The topological polar surface area (TPSA) is 61.2 Å². The second-order valence-electron chi connectivity index (χ2n) is 2.01. The fraction of sp³-hybridized carbons (Fsp3) is 0.429. The van der Waals surface area contributed by atoms with Gasteiger partial charge in [-0.25, -0.2) is 4.79 Å². The van der Waals surface area contributed by atoms with E-state index in [0.29, 0.717) is 12.1 Å². The second kappa shape index (κ2) is 3.82. The number of hydrogen-bond donors (Lipinski definition) is 2. The van der Waals surface area contributed by atoms with E-state index in [1.165, 1.54) is 13.0 Å². The Balaban J connectivity index is 4.16. The summed E-state index contributed by atoms with van der Waals surface area (Å²) in [5, 5.41) is 15.5. The van der Waals surface area contributed by atoms with Gasteiger partial charge in [0.25, 0.3) is 0 Å². The van der Waals surface area contributed by atoms with E-state index in [2.05, 4.69) is 0 Å². The Morgan fingerprint density at radius 3 is 2.50 bits per heavy atom. The average molecular weight is 141 g/mol. The number of carboxylic acid groups (broad SMARTS) is 1. The van der Waals surface area contributed by atoms with Gasteiger partial charge in [0.15, 0.2) is 0 Å². The monoisotopic (exact) mass is 141 g/mol. The Kier molecular flexibility index (Phi) is 3.39. The number of rotatable bonds is 3. The van der Waals surface area contributed by atoms with Crippen molar-refractivity contribution < 1.29 is 9.90 Å². The molecule has 0 saturated heterocycles. The maximum absolute atomic E-state index is 10.2. The highest BCUT2D eigenvalue weighted by Gasteiger charge is 1.99. The van der Waals surface area contributed by atoms with Crippen LogP contribution in [0.1, 0.15) is 20.3 Å². The predicted octanol–water partition coefficient (Wildman–Crippen LogP) is 1.45.